The van der Waals surface area contributed by atoms with Crippen molar-refractivity contribution in [3.8, 4) is 0 Å². The van der Waals surface area contributed by atoms with Gasteiger partial charge in [-0.05, 0) is 51.8 Å². The van der Waals surface area contributed by atoms with E-state index in [1.54, 1.807) is 0 Å². The third-order valence-corrected chi connectivity index (χ3v) is 4.62. The second-order valence-corrected chi connectivity index (χ2v) is 5.82. The topological polar surface area (TPSA) is 20.3 Å². The summed E-state index contributed by atoms with van der Waals surface area (Å²) in [7, 11) is 0. The predicted molar refractivity (Wildman–Crippen MR) is 79.6 cm³/mol. The van der Waals surface area contributed by atoms with Crippen LogP contribution in [0.2, 0.25) is 0 Å². The first-order valence-electron chi connectivity index (χ1n) is 7.45. The minimum absolute atomic E-state index is 0.287. The predicted octanol–water partition coefficient (Wildman–Crippen LogP) is 3.83. The first-order chi connectivity index (χ1) is 9.09. The molecule has 1 saturated heterocycles. The number of benzene rings is 1. The molecule has 1 aliphatic heterocycles. The second kappa shape index (κ2) is 5.87. The van der Waals surface area contributed by atoms with E-state index in [-0.39, 0.29) is 11.3 Å². The van der Waals surface area contributed by atoms with Crippen molar-refractivity contribution < 1.29 is 4.79 Å². The molecule has 0 spiro atoms. The molecule has 2 nitrogen and oxygen atoms in total. The Kier molecular flexibility index (Phi) is 4.41. The fraction of sp³-hybridized carbons (Fsp3) is 0.588. The van der Waals surface area contributed by atoms with Crippen LogP contribution >= 0.6 is 0 Å². The van der Waals surface area contributed by atoms with E-state index < -0.39 is 0 Å². The second-order valence-electron chi connectivity index (χ2n) is 5.82. The van der Waals surface area contributed by atoms with Crippen LogP contribution in [0.25, 0.3) is 0 Å². The fourth-order valence-electron chi connectivity index (χ4n) is 3.03. The SMILES string of the molecule is CCC(C)(C(=O)c1ccccc1C)N1CCCCC1. The maximum absolute atomic E-state index is 13.0. The molecule has 0 aliphatic carbocycles. The van der Waals surface area contributed by atoms with E-state index in [9.17, 15) is 4.79 Å². The van der Waals surface area contributed by atoms with Gasteiger partial charge in [-0.25, -0.2) is 0 Å². The molecule has 0 N–H and O–H groups in total. The molecule has 2 heteroatoms. The number of Topliss-reactive ketones (excluding diaryl/α,β-unsaturated/α-hetero) is 1. The fourth-order valence-corrected chi connectivity index (χ4v) is 3.03. The Morgan fingerprint density at radius 2 is 1.84 bits per heavy atom. The highest BCUT2D eigenvalue weighted by Gasteiger charge is 2.38. The molecule has 0 radical (unpaired) electrons. The van der Waals surface area contributed by atoms with Gasteiger partial charge < -0.3 is 0 Å². The zero-order valence-electron chi connectivity index (χ0n) is 12.4. The van der Waals surface area contributed by atoms with Crippen LogP contribution in [0.3, 0.4) is 0 Å². The number of rotatable bonds is 4. The summed E-state index contributed by atoms with van der Waals surface area (Å²) in [5.74, 6) is 0.287. The average Bonchev–Trinajstić information content (AvgIpc) is 2.47. The molecule has 1 aromatic carbocycles. The molecule has 2 rings (SSSR count). The molecule has 104 valence electrons. The molecule has 1 aliphatic rings. The van der Waals surface area contributed by atoms with Crippen molar-refractivity contribution in [3.05, 3.63) is 35.4 Å². The molecule has 0 aromatic heterocycles. The summed E-state index contributed by atoms with van der Waals surface area (Å²) in [6.45, 7) is 8.39. The number of carbonyl (C=O) groups excluding carboxylic acids is 1. The Labute approximate surface area is 116 Å². The van der Waals surface area contributed by atoms with Crippen molar-refractivity contribution in [2.75, 3.05) is 13.1 Å². The van der Waals surface area contributed by atoms with Gasteiger partial charge in [-0.15, -0.1) is 0 Å². The smallest absolute Gasteiger partial charge is 0.183 e. The van der Waals surface area contributed by atoms with Gasteiger partial charge in [-0.2, -0.15) is 0 Å². The zero-order valence-corrected chi connectivity index (χ0v) is 12.4. The quantitative estimate of drug-likeness (QED) is 0.766. The van der Waals surface area contributed by atoms with E-state index in [0.717, 1.165) is 30.6 Å². The number of hydrogen-bond donors (Lipinski definition) is 0. The van der Waals surface area contributed by atoms with Crippen molar-refractivity contribution in [1.82, 2.24) is 4.90 Å². The first-order valence-corrected chi connectivity index (χ1v) is 7.45. The summed E-state index contributed by atoms with van der Waals surface area (Å²) >= 11 is 0. The normalized spacial score (nSPS) is 19.9. The van der Waals surface area contributed by atoms with Gasteiger partial charge in [0.05, 0.1) is 5.54 Å². The summed E-state index contributed by atoms with van der Waals surface area (Å²) in [6, 6.07) is 7.96. The number of hydrogen-bond acceptors (Lipinski definition) is 2. The van der Waals surface area contributed by atoms with Crippen LogP contribution in [-0.2, 0) is 0 Å². The molecular weight excluding hydrogens is 234 g/mol. The standard InChI is InChI=1S/C17H25NO/c1-4-17(3,18-12-8-5-9-13-18)16(19)15-11-7-6-10-14(15)2/h6-7,10-11H,4-5,8-9,12-13H2,1-3H3. The van der Waals surface area contributed by atoms with Gasteiger partial charge in [-0.3, -0.25) is 9.69 Å². The number of likely N-dealkylation sites (tertiary alicyclic amines) is 1. The van der Waals surface area contributed by atoms with Crippen molar-refractivity contribution in [2.45, 2.75) is 52.0 Å². The van der Waals surface area contributed by atoms with Gasteiger partial charge in [0, 0.05) is 5.56 Å². The molecule has 0 bridgehead atoms. The lowest BCUT2D eigenvalue weighted by Crippen LogP contribution is -2.54. The summed E-state index contributed by atoms with van der Waals surface area (Å²) in [5.41, 5.74) is 1.63. The Balaban J connectivity index is 2.30. The highest BCUT2D eigenvalue weighted by Crippen LogP contribution is 2.28. The first kappa shape index (κ1) is 14.3. The zero-order chi connectivity index (χ0) is 13.9. The molecule has 0 saturated carbocycles. The van der Waals surface area contributed by atoms with Crippen LogP contribution in [0.15, 0.2) is 24.3 Å². The highest BCUT2D eigenvalue weighted by atomic mass is 16.1. The number of piperidine rings is 1. The van der Waals surface area contributed by atoms with E-state index in [1.807, 2.05) is 31.2 Å². The Bertz CT molecular complexity index is 448. The van der Waals surface area contributed by atoms with Gasteiger partial charge in [0.2, 0.25) is 0 Å². The van der Waals surface area contributed by atoms with Gasteiger partial charge in [-0.1, -0.05) is 37.6 Å². The Morgan fingerprint density at radius 1 is 1.21 bits per heavy atom. The molecule has 1 heterocycles. The minimum Gasteiger partial charge on any atom is -0.292 e. The lowest BCUT2D eigenvalue weighted by atomic mass is 9.84. The van der Waals surface area contributed by atoms with Gasteiger partial charge in [0.15, 0.2) is 5.78 Å². The number of carbonyl (C=O) groups is 1. The summed E-state index contributed by atoms with van der Waals surface area (Å²) < 4.78 is 0. The minimum atomic E-state index is -0.341. The molecule has 0 amide bonds. The maximum atomic E-state index is 13.0. The van der Waals surface area contributed by atoms with E-state index in [0.29, 0.717) is 0 Å². The van der Waals surface area contributed by atoms with E-state index in [2.05, 4.69) is 18.7 Å². The van der Waals surface area contributed by atoms with Crippen LogP contribution < -0.4 is 0 Å². The lowest BCUT2D eigenvalue weighted by molar-refractivity contribution is 0.0505. The van der Waals surface area contributed by atoms with Crippen molar-refractivity contribution in [2.24, 2.45) is 0 Å². The van der Waals surface area contributed by atoms with Crippen LogP contribution in [0, 0.1) is 6.92 Å². The molecular formula is C17H25NO. The van der Waals surface area contributed by atoms with Crippen molar-refractivity contribution >= 4 is 5.78 Å². The van der Waals surface area contributed by atoms with Crippen LogP contribution in [-0.4, -0.2) is 29.3 Å². The highest BCUT2D eigenvalue weighted by molar-refractivity contribution is 6.04. The summed E-state index contributed by atoms with van der Waals surface area (Å²) in [5, 5.41) is 0. The summed E-state index contributed by atoms with van der Waals surface area (Å²) in [6.07, 6.45) is 4.61. The van der Waals surface area contributed by atoms with E-state index in [4.69, 9.17) is 0 Å². The van der Waals surface area contributed by atoms with E-state index in [1.165, 1.54) is 19.3 Å². The van der Waals surface area contributed by atoms with Crippen molar-refractivity contribution in [3.63, 3.8) is 0 Å². The third kappa shape index (κ3) is 2.74. The van der Waals surface area contributed by atoms with Crippen LogP contribution in [0.1, 0.15) is 55.5 Å². The van der Waals surface area contributed by atoms with Crippen LogP contribution in [0.5, 0.6) is 0 Å². The average molecular weight is 259 g/mol. The Morgan fingerprint density at radius 3 is 2.42 bits per heavy atom. The molecule has 19 heavy (non-hydrogen) atoms. The number of aryl methyl sites for hydroxylation is 1. The number of ketones is 1. The van der Waals surface area contributed by atoms with Gasteiger partial charge in [0.25, 0.3) is 0 Å². The Hall–Kier alpha value is -1.15. The summed E-state index contributed by atoms with van der Waals surface area (Å²) in [4.78, 5) is 15.4. The van der Waals surface area contributed by atoms with Crippen molar-refractivity contribution in [1.29, 1.82) is 0 Å². The van der Waals surface area contributed by atoms with Crippen LogP contribution in [0.4, 0.5) is 0 Å². The lowest BCUT2D eigenvalue weighted by Gasteiger charge is -2.42. The molecule has 1 unspecified atom stereocenters. The van der Waals surface area contributed by atoms with Gasteiger partial charge >= 0.3 is 0 Å². The molecule has 1 fully saturated rings. The molecule has 1 aromatic rings. The largest absolute Gasteiger partial charge is 0.292 e. The molecule has 1 atom stereocenters. The number of nitrogens with zero attached hydrogens (tertiary/aromatic N) is 1. The van der Waals surface area contributed by atoms with E-state index >= 15 is 0 Å². The maximum Gasteiger partial charge on any atom is 0.183 e. The van der Waals surface area contributed by atoms with Gasteiger partial charge in [0.1, 0.15) is 0 Å². The third-order valence-electron chi connectivity index (χ3n) is 4.62. The monoisotopic (exact) mass is 259 g/mol.